The monoisotopic (exact) mass is 493 g/mol. The largest absolute Gasteiger partial charge is 0.465 e. The number of nitrogen functional groups attached to an aromatic ring is 1. The Balaban J connectivity index is 1.47. The second kappa shape index (κ2) is 9.73. The molecule has 37 heavy (non-hydrogen) atoms. The number of fused-ring (bicyclic) bond motifs is 2. The third-order valence-electron chi connectivity index (χ3n) is 7.52. The van der Waals surface area contributed by atoms with Crippen LogP contribution in [0.2, 0.25) is 0 Å². The molecule has 0 unspecified atom stereocenters. The standard InChI is InChI=1S/C30H31N5O2/c1-37-29(36)22-14-16-27-25(18-22)32-28(35(27)23-11-7-2-3-8-12-23)21-13-15-26-24(17-21)33-30(31)34(26)19-20-9-5-4-6-10-20/h4-6,9-10,13-18,23H,2-3,7-8,11-12,19H2,1H3,(H2,31,33). The molecule has 0 atom stereocenters. The van der Waals surface area contributed by atoms with E-state index < -0.39 is 0 Å². The van der Waals surface area contributed by atoms with Gasteiger partial charge in [-0.15, -0.1) is 0 Å². The van der Waals surface area contributed by atoms with Gasteiger partial charge in [-0.2, -0.15) is 0 Å². The van der Waals surface area contributed by atoms with Gasteiger partial charge in [0, 0.05) is 11.6 Å². The summed E-state index contributed by atoms with van der Waals surface area (Å²) in [5.74, 6) is 1.05. The summed E-state index contributed by atoms with van der Waals surface area (Å²) in [5.41, 5.74) is 12.7. The molecular weight excluding hydrogens is 462 g/mol. The zero-order valence-electron chi connectivity index (χ0n) is 21.1. The van der Waals surface area contributed by atoms with Gasteiger partial charge < -0.3 is 19.6 Å². The molecule has 3 aromatic carbocycles. The molecule has 0 spiro atoms. The molecule has 2 aromatic heterocycles. The Bertz CT molecular complexity index is 1580. The number of rotatable bonds is 5. The number of methoxy groups -OCH3 is 1. The lowest BCUT2D eigenvalue weighted by Crippen LogP contribution is -2.10. The Kier molecular flexibility index (Phi) is 6.12. The van der Waals surface area contributed by atoms with E-state index in [4.69, 9.17) is 20.4 Å². The molecule has 2 heterocycles. The molecule has 0 radical (unpaired) electrons. The molecule has 188 valence electrons. The number of esters is 1. The number of carbonyl (C=O) groups is 1. The van der Waals surface area contributed by atoms with Crippen molar-refractivity contribution >= 4 is 34.0 Å². The molecule has 0 saturated heterocycles. The molecular formula is C30H31N5O2. The summed E-state index contributed by atoms with van der Waals surface area (Å²) < 4.78 is 9.38. The van der Waals surface area contributed by atoms with Crippen molar-refractivity contribution in [3.8, 4) is 11.4 Å². The van der Waals surface area contributed by atoms with Crippen LogP contribution in [-0.2, 0) is 11.3 Å². The summed E-state index contributed by atoms with van der Waals surface area (Å²) in [6.45, 7) is 0.666. The first-order valence-corrected chi connectivity index (χ1v) is 13.0. The molecule has 1 fully saturated rings. The highest BCUT2D eigenvalue weighted by Crippen LogP contribution is 2.36. The van der Waals surface area contributed by atoms with Crippen molar-refractivity contribution in [1.82, 2.24) is 19.1 Å². The van der Waals surface area contributed by atoms with Gasteiger partial charge in [0.1, 0.15) is 5.82 Å². The average molecular weight is 494 g/mol. The minimum Gasteiger partial charge on any atom is -0.465 e. The summed E-state index contributed by atoms with van der Waals surface area (Å²) in [6, 6.07) is 22.6. The predicted octanol–water partition coefficient (Wildman–Crippen LogP) is 6.37. The molecule has 1 aliphatic rings. The van der Waals surface area contributed by atoms with E-state index in [1.165, 1.54) is 38.4 Å². The van der Waals surface area contributed by atoms with Crippen molar-refractivity contribution in [2.24, 2.45) is 0 Å². The van der Waals surface area contributed by atoms with Crippen LogP contribution in [0.5, 0.6) is 0 Å². The van der Waals surface area contributed by atoms with Crippen LogP contribution in [0.3, 0.4) is 0 Å². The van der Waals surface area contributed by atoms with Crippen molar-refractivity contribution in [1.29, 1.82) is 0 Å². The number of imidazole rings is 2. The van der Waals surface area contributed by atoms with Gasteiger partial charge in [-0.3, -0.25) is 0 Å². The molecule has 7 nitrogen and oxygen atoms in total. The maximum Gasteiger partial charge on any atom is 0.337 e. The zero-order chi connectivity index (χ0) is 25.4. The van der Waals surface area contributed by atoms with Crippen LogP contribution in [-0.4, -0.2) is 32.2 Å². The van der Waals surface area contributed by atoms with Crippen LogP contribution in [0.15, 0.2) is 66.7 Å². The van der Waals surface area contributed by atoms with Gasteiger partial charge in [0.15, 0.2) is 0 Å². The van der Waals surface area contributed by atoms with Crippen molar-refractivity contribution in [3.63, 3.8) is 0 Å². The lowest BCUT2D eigenvalue weighted by atomic mass is 10.1. The maximum atomic E-state index is 12.2. The first-order valence-electron chi connectivity index (χ1n) is 13.0. The highest BCUT2D eigenvalue weighted by Gasteiger charge is 2.23. The second-order valence-electron chi connectivity index (χ2n) is 9.89. The van der Waals surface area contributed by atoms with Crippen LogP contribution >= 0.6 is 0 Å². The highest BCUT2D eigenvalue weighted by molar-refractivity contribution is 5.94. The van der Waals surface area contributed by atoms with E-state index in [0.717, 1.165) is 46.3 Å². The molecule has 2 N–H and O–H groups in total. The third-order valence-corrected chi connectivity index (χ3v) is 7.52. The van der Waals surface area contributed by atoms with E-state index in [1.807, 2.05) is 41.0 Å². The number of benzene rings is 3. The van der Waals surface area contributed by atoms with Gasteiger partial charge in [-0.1, -0.05) is 56.0 Å². The first kappa shape index (κ1) is 23.3. The normalized spacial score (nSPS) is 14.7. The molecule has 1 saturated carbocycles. The van der Waals surface area contributed by atoms with E-state index in [-0.39, 0.29) is 5.97 Å². The lowest BCUT2D eigenvalue weighted by molar-refractivity contribution is 0.0601. The Morgan fingerprint density at radius 3 is 2.41 bits per heavy atom. The van der Waals surface area contributed by atoms with E-state index in [1.54, 1.807) is 0 Å². The fourth-order valence-electron chi connectivity index (χ4n) is 5.65. The lowest BCUT2D eigenvalue weighted by Gasteiger charge is -2.20. The van der Waals surface area contributed by atoms with E-state index in [2.05, 4.69) is 34.9 Å². The van der Waals surface area contributed by atoms with Crippen LogP contribution in [0.1, 0.15) is 60.5 Å². The predicted molar refractivity (Wildman–Crippen MR) is 146 cm³/mol. The number of nitrogens with zero attached hydrogens (tertiary/aromatic N) is 4. The van der Waals surface area contributed by atoms with Crippen molar-refractivity contribution in [2.75, 3.05) is 12.8 Å². The zero-order valence-corrected chi connectivity index (χ0v) is 21.1. The van der Waals surface area contributed by atoms with Gasteiger partial charge in [0.2, 0.25) is 5.95 Å². The van der Waals surface area contributed by atoms with Crippen molar-refractivity contribution in [3.05, 3.63) is 77.9 Å². The van der Waals surface area contributed by atoms with Gasteiger partial charge >= 0.3 is 5.97 Å². The maximum absolute atomic E-state index is 12.2. The minimum absolute atomic E-state index is 0.353. The molecule has 0 amide bonds. The fraction of sp³-hybridized carbons (Fsp3) is 0.300. The number of hydrogen-bond acceptors (Lipinski definition) is 5. The van der Waals surface area contributed by atoms with E-state index >= 15 is 0 Å². The van der Waals surface area contributed by atoms with Crippen molar-refractivity contribution < 1.29 is 9.53 Å². The van der Waals surface area contributed by atoms with Crippen LogP contribution in [0.25, 0.3) is 33.5 Å². The van der Waals surface area contributed by atoms with Gasteiger partial charge in [-0.05, 0) is 54.8 Å². The van der Waals surface area contributed by atoms with Gasteiger partial charge in [0.25, 0.3) is 0 Å². The SMILES string of the molecule is COC(=O)c1ccc2c(c1)nc(-c1ccc3c(c1)nc(N)n3Cc1ccccc1)n2C1CCCCCC1. The summed E-state index contributed by atoms with van der Waals surface area (Å²) >= 11 is 0. The summed E-state index contributed by atoms with van der Waals surface area (Å²) in [7, 11) is 1.40. The average Bonchev–Trinajstić information content (AvgIpc) is 3.31. The van der Waals surface area contributed by atoms with E-state index in [9.17, 15) is 4.79 Å². The first-order chi connectivity index (χ1) is 18.1. The van der Waals surface area contributed by atoms with Gasteiger partial charge in [0.05, 0.1) is 41.3 Å². The molecule has 0 aliphatic heterocycles. The highest BCUT2D eigenvalue weighted by atomic mass is 16.5. The number of carbonyl (C=O) groups excluding carboxylic acids is 1. The van der Waals surface area contributed by atoms with Crippen LogP contribution < -0.4 is 5.73 Å². The molecule has 7 heteroatoms. The quantitative estimate of drug-likeness (QED) is 0.227. The molecule has 0 bridgehead atoms. The Morgan fingerprint density at radius 2 is 1.65 bits per heavy atom. The summed E-state index contributed by atoms with van der Waals surface area (Å²) in [4.78, 5) is 22.0. The van der Waals surface area contributed by atoms with Crippen LogP contribution in [0.4, 0.5) is 5.95 Å². The second-order valence-corrected chi connectivity index (χ2v) is 9.89. The molecule has 6 rings (SSSR count). The number of nitrogens with two attached hydrogens (primary N) is 1. The number of anilines is 1. The summed E-state index contributed by atoms with van der Waals surface area (Å²) in [5, 5.41) is 0. The number of aromatic nitrogens is 4. The Hall–Kier alpha value is -4.13. The Morgan fingerprint density at radius 1 is 0.919 bits per heavy atom. The minimum atomic E-state index is -0.353. The third kappa shape index (κ3) is 4.35. The molecule has 1 aliphatic carbocycles. The van der Waals surface area contributed by atoms with Crippen LogP contribution in [0, 0.1) is 0 Å². The fourth-order valence-corrected chi connectivity index (χ4v) is 5.65. The van der Waals surface area contributed by atoms with E-state index in [0.29, 0.717) is 24.1 Å². The topological polar surface area (TPSA) is 88.0 Å². The Labute approximate surface area is 215 Å². The van der Waals surface area contributed by atoms with Gasteiger partial charge in [-0.25, -0.2) is 14.8 Å². The number of ether oxygens (including phenoxy) is 1. The summed E-state index contributed by atoms with van der Waals surface area (Å²) in [6.07, 6.45) is 7.22. The smallest absolute Gasteiger partial charge is 0.337 e. The van der Waals surface area contributed by atoms with Crippen molar-refractivity contribution in [2.45, 2.75) is 51.1 Å². The number of hydrogen-bond donors (Lipinski definition) is 1. The molecule has 5 aromatic rings.